The second-order valence-corrected chi connectivity index (χ2v) is 8.23. The molecular weight excluding hydrogens is 348 g/mol. The summed E-state index contributed by atoms with van der Waals surface area (Å²) >= 11 is 6.22. The quantitative estimate of drug-likeness (QED) is 0.756. The molecule has 24 heavy (non-hydrogen) atoms. The molecule has 2 heterocycles. The zero-order valence-electron chi connectivity index (χ0n) is 13.3. The lowest BCUT2D eigenvalue weighted by atomic mass is 10.2. The summed E-state index contributed by atoms with van der Waals surface area (Å²) in [7, 11) is -3.59. The van der Waals surface area contributed by atoms with Crippen molar-refractivity contribution in [2.75, 3.05) is 26.2 Å². The fourth-order valence-electron chi connectivity index (χ4n) is 3.03. The van der Waals surface area contributed by atoms with Crippen LogP contribution in [0.25, 0.3) is 10.8 Å². The van der Waals surface area contributed by atoms with Gasteiger partial charge in [-0.3, -0.25) is 4.98 Å². The van der Waals surface area contributed by atoms with Crippen LogP contribution in [0.1, 0.15) is 12.8 Å². The summed E-state index contributed by atoms with van der Waals surface area (Å²) in [6.45, 7) is 2.40. The third kappa shape index (κ3) is 3.41. The van der Waals surface area contributed by atoms with E-state index in [-0.39, 0.29) is 10.9 Å². The smallest absolute Gasteiger partial charge is 0.243 e. The molecule has 1 atom stereocenters. The Hall–Kier alpha value is -1.25. The van der Waals surface area contributed by atoms with E-state index in [9.17, 15) is 8.42 Å². The molecule has 0 saturated carbocycles. The molecule has 6 nitrogen and oxygen atoms in total. The molecular formula is C16H21ClN4O2S. The molecule has 1 aliphatic rings. The molecule has 1 aromatic carbocycles. The predicted octanol–water partition coefficient (Wildman–Crippen LogP) is 1.59. The Labute approximate surface area is 147 Å². The normalized spacial score (nSPS) is 19.2. The van der Waals surface area contributed by atoms with Gasteiger partial charge in [0.25, 0.3) is 0 Å². The van der Waals surface area contributed by atoms with Gasteiger partial charge in [-0.25, -0.2) is 8.42 Å². The largest absolute Gasteiger partial charge is 0.330 e. The van der Waals surface area contributed by atoms with Crippen molar-refractivity contribution in [1.29, 1.82) is 0 Å². The van der Waals surface area contributed by atoms with E-state index in [1.54, 1.807) is 18.3 Å². The lowest BCUT2D eigenvalue weighted by molar-refractivity contribution is 0.456. The lowest BCUT2D eigenvalue weighted by Gasteiger charge is -2.18. The van der Waals surface area contributed by atoms with Gasteiger partial charge in [0, 0.05) is 42.3 Å². The number of benzene rings is 1. The maximum Gasteiger partial charge on any atom is 0.243 e. The summed E-state index contributed by atoms with van der Waals surface area (Å²) in [5.74, 6) is 0. The van der Waals surface area contributed by atoms with E-state index in [0.717, 1.165) is 24.8 Å². The molecule has 3 rings (SSSR count). The molecule has 3 N–H and O–H groups in total. The molecule has 2 aromatic rings. The van der Waals surface area contributed by atoms with Gasteiger partial charge in [-0.05, 0) is 32.0 Å². The fourth-order valence-corrected chi connectivity index (χ4v) is 5.09. The highest BCUT2D eigenvalue weighted by molar-refractivity contribution is 7.89. The number of sulfonamides is 1. The van der Waals surface area contributed by atoms with Crippen LogP contribution < -0.4 is 11.1 Å². The summed E-state index contributed by atoms with van der Waals surface area (Å²) in [5.41, 5.74) is 5.49. The Morgan fingerprint density at radius 1 is 1.38 bits per heavy atom. The number of halogens is 1. The van der Waals surface area contributed by atoms with E-state index in [2.05, 4.69) is 10.3 Å². The monoisotopic (exact) mass is 368 g/mol. The van der Waals surface area contributed by atoms with Crippen LogP contribution in [-0.2, 0) is 10.0 Å². The van der Waals surface area contributed by atoms with Gasteiger partial charge < -0.3 is 11.1 Å². The van der Waals surface area contributed by atoms with E-state index in [0.29, 0.717) is 30.0 Å². The molecule has 1 aliphatic heterocycles. The second-order valence-electron chi connectivity index (χ2n) is 5.92. The summed E-state index contributed by atoms with van der Waals surface area (Å²) < 4.78 is 27.7. The zero-order chi connectivity index (χ0) is 17.2. The van der Waals surface area contributed by atoms with Crippen molar-refractivity contribution in [3.05, 3.63) is 35.6 Å². The van der Waals surface area contributed by atoms with Crippen molar-refractivity contribution in [3.8, 4) is 0 Å². The van der Waals surface area contributed by atoms with Crippen LogP contribution >= 0.6 is 11.6 Å². The van der Waals surface area contributed by atoms with E-state index in [1.165, 1.54) is 10.5 Å². The highest BCUT2D eigenvalue weighted by Gasteiger charge is 2.33. The topological polar surface area (TPSA) is 88.3 Å². The minimum absolute atomic E-state index is 0.165. The van der Waals surface area contributed by atoms with Gasteiger partial charge in [0.15, 0.2) is 0 Å². The average Bonchev–Trinajstić information content (AvgIpc) is 3.05. The Morgan fingerprint density at radius 3 is 3.00 bits per heavy atom. The van der Waals surface area contributed by atoms with Crippen LogP contribution in [0.5, 0.6) is 0 Å². The van der Waals surface area contributed by atoms with Gasteiger partial charge in [0.05, 0.1) is 9.92 Å². The number of hydrogen-bond acceptors (Lipinski definition) is 5. The highest BCUT2D eigenvalue weighted by Crippen LogP contribution is 2.31. The zero-order valence-corrected chi connectivity index (χ0v) is 14.9. The number of nitrogens with zero attached hydrogens (tertiary/aromatic N) is 2. The van der Waals surface area contributed by atoms with Crippen molar-refractivity contribution in [2.24, 2.45) is 5.73 Å². The molecule has 1 fully saturated rings. The highest BCUT2D eigenvalue weighted by atomic mass is 35.5. The van der Waals surface area contributed by atoms with Crippen LogP contribution in [0.2, 0.25) is 5.02 Å². The van der Waals surface area contributed by atoms with Crippen molar-refractivity contribution >= 4 is 32.4 Å². The van der Waals surface area contributed by atoms with Crippen molar-refractivity contribution in [3.63, 3.8) is 0 Å². The lowest BCUT2D eigenvalue weighted by Crippen LogP contribution is -2.36. The first-order valence-corrected chi connectivity index (χ1v) is 9.81. The minimum atomic E-state index is -3.59. The molecule has 0 amide bonds. The van der Waals surface area contributed by atoms with Gasteiger partial charge in [-0.1, -0.05) is 23.7 Å². The molecule has 0 radical (unpaired) electrons. The summed E-state index contributed by atoms with van der Waals surface area (Å²) in [6.07, 6.45) is 4.78. The van der Waals surface area contributed by atoms with Crippen LogP contribution in [0.4, 0.5) is 0 Å². The molecule has 0 aliphatic carbocycles. The first-order chi connectivity index (χ1) is 11.5. The van der Waals surface area contributed by atoms with Crippen LogP contribution in [-0.4, -0.2) is 49.9 Å². The number of nitrogens with two attached hydrogens (primary N) is 1. The standard InChI is InChI=1S/C16H21ClN4O2S/c17-14-10-19-9-12-3-1-4-15(16(12)14)24(22,23)21-8-5-13(11-21)20-7-2-6-18/h1,3-4,9-10,13,20H,2,5-8,11,18H2. The molecule has 1 aromatic heterocycles. The van der Waals surface area contributed by atoms with Gasteiger partial charge in [-0.2, -0.15) is 4.31 Å². The first-order valence-electron chi connectivity index (χ1n) is 8.00. The molecule has 1 saturated heterocycles. The summed E-state index contributed by atoms with van der Waals surface area (Å²) in [6, 6.07) is 5.31. The van der Waals surface area contributed by atoms with E-state index >= 15 is 0 Å². The number of pyridine rings is 1. The van der Waals surface area contributed by atoms with E-state index in [1.807, 2.05) is 6.07 Å². The third-order valence-corrected chi connectivity index (χ3v) is 6.48. The van der Waals surface area contributed by atoms with Crippen molar-refractivity contribution < 1.29 is 8.42 Å². The fraction of sp³-hybridized carbons (Fsp3) is 0.438. The molecule has 130 valence electrons. The van der Waals surface area contributed by atoms with Crippen molar-refractivity contribution in [1.82, 2.24) is 14.6 Å². The van der Waals surface area contributed by atoms with Gasteiger partial charge in [0.2, 0.25) is 10.0 Å². The van der Waals surface area contributed by atoms with Gasteiger partial charge in [-0.15, -0.1) is 0 Å². The Morgan fingerprint density at radius 2 is 2.21 bits per heavy atom. The van der Waals surface area contributed by atoms with Crippen molar-refractivity contribution in [2.45, 2.75) is 23.8 Å². The summed E-state index contributed by atoms with van der Waals surface area (Å²) in [4.78, 5) is 4.27. The Bertz CT molecular complexity index is 823. The second kappa shape index (κ2) is 7.33. The first kappa shape index (κ1) is 17.6. The van der Waals surface area contributed by atoms with Crippen LogP contribution in [0.15, 0.2) is 35.5 Å². The van der Waals surface area contributed by atoms with Crippen LogP contribution in [0.3, 0.4) is 0 Å². The van der Waals surface area contributed by atoms with Gasteiger partial charge in [0.1, 0.15) is 0 Å². The number of fused-ring (bicyclic) bond motifs is 1. The maximum atomic E-state index is 13.1. The number of nitrogens with one attached hydrogen (secondary N) is 1. The number of hydrogen-bond donors (Lipinski definition) is 2. The van der Waals surface area contributed by atoms with E-state index < -0.39 is 10.0 Å². The molecule has 0 bridgehead atoms. The number of aromatic nitrogens is 1. The predicted molar refractivity (Wildman–Crippen MR) is 95.6 cm³/mol. The Kier molecular flexibility index (Phi) is 5.36. The van der Waals surface area contributed by atoms with Crippen LogP contribution in [0, 0.1) is 0 Å². The average molecular weight is 369 g/mol. The molecule has 1 unspecified atom stereocenters. The SMILES string of the molecule is NCCCNC1CCN(S(=O)(=O)c2cccc3cncc(Cl)c23)C1. The van der Waals surface area contributed by atoms with E-state index in [4.69, 9.17) is 17.3 Å². The minimum Gasteiger partial charge on any atom is -0.330 e. The maximum absolute atomic E-state index is 13.1. The summed E-state index contributed by atoms with van der Waals surface area (Å²) in [5, 5.41) is 4.97. The number of rotatable bonds is 6. The van der Waals surface area contributed by atoms with Gasteiger partial charge >= 0.3 is 0 Å². The molecule has 0 spiro atoms. The third-order valence-electron chi connectivity index (χ3n) is 4.28. The molecule has 8 heteroatoms. The Balaban J connectivity index is 1.87.